The van der Waals surface area contributed by atoms with E-state index in [4.69, 9.17) is 4.74 Å². The van der Waals surface area contributed by atoms with Crippen LogP contribution in [-0.4, -0.2) is 37.7 Å². The van der Waals surface area contributed by atoms with Gasteiger partial charge in [-0.3, -0.25) is 9.69 Å². The van der Waals surface area contributed by atoms with E-state index in [0.717, 1.165) is 5.56 Å². The van der Waals surface area contributed by atoms with Crippen LogP contribution in [0, 0.1) is 0 Å². The quantitative estimate of drug-likeness (QED) is 0.672. The van der Waals surface area contributed by atoms with Gasteiger partial charge >= 0.3 is 6.03 Å². The van der Waals surface area contributed by atoms with Gasteiger partial charge in [0.25, 0.3) is 5.91 Å². The average molecular weight is 304 g/mol. The first-order valence-corrected chi connectivity index (χ1v) is 10.9. The number of hydrogen-bond donors (Lipinski definition) is 1. The van der Waals surface area contributed by atoms with E-state index in [1.165, 1.54) is 4.90 Å². The second-order valence-corrected chi connectivity index (χ2v) is 12.3. The molecule has 2 aliphatic heterocycles. The van der Waals surface area contributed by atoms with Crippen molar-refractivity contribution in [3.05, 3.63) is 29.8 Å². The maximum Gasteiger partial charge on any atom is 0.325 e. The number of urea groups is 1. The molecule has 5 nitrogen and oxygen atoms in total. The summed E-state index contributed by atoms with van der Waals surface area (Å²) in [4.78, 5) is 26.7. The number of para-hydroxylation sites is 1. The van der Waals surface area contributed by atoms with E-state index in [1.54, 1.807) is 0 Å². The number of amides is 3. The molecule has 6 heteroatoms. The van der Waals surface area contributed by atoms with E-state index in [0.29, 0.717) is 24.9 Å². The van der Waals surface area contributed by atoms with E-state index in [-0.39, 0.29) is 11.9 Å². The largest absolute Gasteiger partial charge is 0.493 e. The summed E-state index contributed by atoms with van der Waals surface area (Å²) in [6, 6.07) is 7.18. The number of benzene rings is 1. The molecule has 0 aromatic heterocycles. The first kappa shape index (κ1) is 14.1. The zero-order valence-corrected chi connectivity index (χ0v) is 13.6. The van der Waals surface area contributed by atoms with Gasteiger partial charge in [0.05, 0.1) is 14.7 Å². The second-order valence-electron chi connectivity index (χ2n) is 6.88. The van der Waals surface area contributed by atoms with Gasteiger partial charge in [0.15, 0.2) is 5.54 Å². The molecule has 21 heavy (non-hydrogen) atoms. The molecule has 0 saturated carbocycles. The van der Waals surface area contributed by atoms with Gasteiger partial charge in [-0.2, -0.15) is 0 Å². The minimum absolute atomic E-state index is 0.134. The zero-order valence-electron chi connectivity index (χ0n) is 12.6. The third-order valence-corrected chi connectivity index (χ3v) is 5.15. The number of ether oxygens (including phenoxy) is 1. The summed E-state index contributed by atoms with van der Waals surface area (Å²) in [6.45, 7) is 6.88. The molecular weight excluding hydrogens is 284 g/mol. The number of carbonyl (C=O) groups is 2. The molecule has 3 rings (SSSR count). The van der Waals surface area contributed by atoms with Crippen LogP contribution in [-0.2, 0) is 10.3 Å². The molecule has 112 valence electrons. The Hall–Kier alpha value is -1.82. The lowest BCUT2D eigenvalue weighted by molar-refractivity contribution is -0.132. The van der Waals surface area contributed by atoms with Crippen LogP contribution in [0.3, 0.4) is 0 Å². The van der Waals surface area contributed by atoms with Gasteiger partial charge in [-0.15, -0.1) is 0 Å². The Kier molecular flexibility index (Phi) is 3.09. The van der Waals surface area contributed by atoms with Crippen LogP contribution < -0.4 is 10.1 Å². The van der Waals surface area contributed by atoms with Crippen molar-refractivity contribution in [2.24, 2.45) is 0 Å². The number of nitrogens with one attached hydrogen (secondary N) is 1. The molecule has 1 aromatic carbocycles. The minimum atomic E-state index is -1.56. The third-order valence-electron chi connectivity index (χ3n) is 3.89. The summed E-state index contributed by atoms with van der Waals surface area (Å²) >= 11 is 0. The predicted octanol–water partition coefficient (Wildman–Crippen LogP) is 2.09. The fourth-order valence-electron chi connectivity index (χ4n) is 2.99. The molecule has 0 bridgehead atoms. The smallest absolute Gasteiger partial charge is 0.325 e. The molecule has 0 unspecified atom stereocenters. The summed E-state index contributed by atoms with van der Waals surface area (Å²) in [7, 11) is -1.56. The lowest BCUT2D eigenvalue weighted by atomic mass is 9.84. The zero-order chi connectivity index (χ0) is 15.3. The fraction of sp³-hybridized carbons (Fsp3) is 0.467. The van der Waals surface area contributed by atoms with Crippen molar-refractivity contribution in [1.82, 2.24) is 10.2 Å². The third kappa shape index (κ3) is 2.23. The highest BCUT2D eigenvalue weighted by Gasteiger charge is 2.55. The van der Waals surface area contributed by atoms with E-state index >= 15 is 0 Å². The van der Waals surface area contributed by atoms with Crippen molar-refractivity contribution in [2.75, 3.05) is 12.8 Å². The minimum Gasteiger partial charge on any atom is -0.493 e. The highest BCUT2D eigenvalue weighted by molar-refractivity contribution is 6.76. The molecule has 1 spiro atoms. The van der Waals surface area contributed by atoms with Crippen LogP contribution in [0.15, 0.2) is 24.3 Å². The summed E-state index contributed by atoms with van der Waals surface area (Å²) in [6.07, 6.45) is 1.03. The molecule has 0 radical (unpaired) electrons. The normalized spacial score (nSPS) is 24.8. The number of imide groups is 1. The molecule has 2 aliphatic rings. The monoisotopic (exact) mass is 304 g/mol. The van der Waals surface area contributed by atoms with Crippen LogP contribution >= 0.6 is 0 Å². The van der Waals surface area contributed by atoms with Gasteiger partial charge in [0, 0.05) is 18.2 Å². The van der Waals surface area contributed by atoms with Gasteiger partial charge < -0.3 is 10.1 Å². The number of nitrogens with zero attached hydrogens (tertiary/aromatic N) is 1. The first-order chi connectivity index (χ1) is 9.83. The fourth-order valence-corrected chi connectivity index (χ4v) is 4.23. The molecule has 1 atom stereocenters. The van der Waals surface area contributed by atoms with Gasteiger partial charge in [-0.1, -0.05) is 37.8 Å². The maximum atomic E-state index is 12.9. The molecule has 1 N–H and O–H groups in total. The van der Waals surface area contributed by atoms with Crippen molar-refractivity contribution in [3.8, 4) is 5.75 Å². The van der Waals surface area contributed by atoms with Crippen molar-refractivity contribution in [2.45, 2.75) is 31.6 Å². The van der Waals surface area contributed by atoms with Crippen molar-refractivity contribution < 1.29 is 14.3 Å². The lowest BCUT2D eigenvalue weighted by Gasteiger charge is -2.33. The molecule has 1 saturated heterocycles. The Morgan fingerprint density at radius 3 is 2.71 bits per heavy atom. The SMILES string of the molecule is C[Si](C)(C)CN1C(=O)N[C@@]2(CCOc3ccccc32)C1=O. The Morgan fingerprint density at radius 2 is 2.00 bits per heavy atom. The molecule has 1 aromatic rings. The number of hydrogen-bond acceptors (Lipinski definition) is 3. The van der Waals surface area contributed by atoms with Crippen molar-refractivity contribution in [1.29, 1.82) is 0 Å². The number of fused-ring (bicyclic) bond motifs is 2. The highest BCUT2D eigenvalue weighted by atomic mass is 28.3. The summed E-state index contributed by atoms with van der Waals surface area (Å²) < 4.78 is 5.62. The van der Waals surface area contributed by atoms with Crippen molar-refractivity contribution in [3.63, 3.8) is 0 Å². The first-order valence-electron chi connectivity index (χ1n) is 7.20. The average Bonchev–Trinajstić information content (AvgIpc) is 2.63. The summed E-state index contributed by atoms with van der Waals surface area (Å²) in [5, 5.41) is 2.93. The maximum absolute atomic E-state index is 12.9. The Labute approximate surface area is 125 Å². The Balaban J connectivity index is 2.01. The van der Waals surface area contributed by atoms with Gasteiger partial charge in [0.2, 0.25) is 0 Å². The van der Waals surface area contributed by atoms with Crippen LogP contribution in [0.4, 0.5) is 4.79 Å². The predicted molar refractivity (Wildman–Crippen MR) is 81.8 cm³/mol. The number of carbonyl (C=O) groups excluding carboxylic acids is 2. The standard InChI is InChI=1S/C15H20N2O3Si/c1-21(2,3)10-17-13(18)15(16-14(17)19)8-9-20-12-7-5-4-6-11(12)15/h4-7H,8-10H2,1-3H3,(H,16,19)/t15-/m1/s1. The molecule has 1 fully saturated rings. The van der Waals surface area contributed by atoms with Crippen molar-refractivity contribution >= 4 is 20.0 Å². The Bertz CT molecular complexity index is 611. The second kappa shape index (κ2) is 4.59. The van der Waals surface area contributed by atoms with Gasteiger partial charge in [0.1, 0.15) is 5.75 Å². The van der Waals surface area contributed by atoms with E-state index in [2.05, 4.69) is 25.0 Å². The van der Waals surface area contributed by atoms with E-state index in [9.17, 15) is 9.59 Å². The summed E-state index contributed by atoms with van der Waals surface area (Å²) in [5.74, 6) is 0.554. The van der Waals surface area contributed by atoms with Crippen LogP contribution in [0.1, 0.15) is 12.0 Å². The molecule has 2 heterocycles. The molecular formula is C15H20N2O3Si. The van der Waals surface area contributed by atoms with Gasteiger partial charge in [-0.25, -0.2) is 4.79 Å². The topological polar surface area (TPSA) is 58.6 Å². The number of rotatable bonds is 2. The van der Waals surface area contributed by atoms with Gasteiger partial charge in [-0.05, 0) is 6.07 Å². The highest BCUT2D eigenvalue weighted by Crippen LogP contribution is 2.41. The van der Waals surface area contributed by atoms with E-state index < -0.39 is 13.6 Å². The Morgan fingerprint density at radius 1 is 1.29 bits per heavy atom. The molecule has 3 amide bonds. The van der Waals surface area contributed by atoms with Crippen LogP contribution in [0.5, 0.6) is 5.75 Å². The van der Waals surface area contributed by atoms with Crippen LogP contribution in [0.25, 0.3) is 0 Å². The summed E-state index contributed by atoms with van der Waals surface area (Å²) in [5.41, 5.74) is -0.168. The molecule has 0 aliphatic carbocycles. The lowest BCUT2D eigenvalue weighted by Crippen LogP contribution is -2.48. The van der Waals surface area contributed by atoms with Crippen LogP contribution in [0.2, 0.25) is 19.6 Å². The van der Waals surface area contributed by atoms with E-state index in [1.807, 2.05) is 24.3 Å².